The van der Waals surface area contributed by atoms with Crippen LogP contribution in [0.5, 0.6) is 0 Å². The standard InChI is InChI=1S/C13H19NO/c1-4-13(15)11-6-5-7-12(8-11)14-9-10(2)3/h5-8,10,14H,4,9H2,1-3H3. The van der Waals surface area contributed by atoms with Crippen LogP contribution in [0.4, 0.5) is 5.69 Å². The molecule has 0 aliphatic carbocycles. The van der Waals surface area contributed by atoms with E-state index in [1.54, 1.807) is 0 Å². The summed E-state index contributed by atoms with van der Waals surface area (Å²) in [7, 11) is 0. The molecule has 0 aliphatic rings. The summed E-state index contributed by atoms with van der Waals surface area (Å²) in [4.78, 5) is 11.5. The van der Waals surface area contributed by atoms with Crippen molar-refractivity contribution in [3.05, 3.63) is 29.8 Å². The molecule has 0 atom stereocenters. The van der Waals surface area contributed by atoms with Gasteiger partial charge in [-0.15, -0.1) is 0 Å². The molecule has 0 saturated carbocycles. The van der Waals surface area contributed by atoms with E-state index in [1.165, 1.54) is 0 Å². The zero-order valence-corrected chi connectivity index (χ0v) is 9.71. The average Bonchev–Trinajstić information content (AvgIpc) is 2.25. The van der Waals surface area contributed by atoms with Crippen LogP contribution in [0.3, 0.4) is 0 Å². The molecule has 1 rings (SSSR count). The lowest BCUT2D eigenvalue weighted by molar-refractivity contribution is 0.0988. The summed E-state index contributed by atoms with van der Waals surface area (Å²) < 4.78 is 0. The molecule has 0 saturated heterocycles. The molecule has 1 aromatic carbocycles. The Morgan fingerprint density at radius 1 is 1.40 bits per heavy atom. The molecule has 0 spiro atoms. The molecule has 0 amide bonds. The van der Waals surface area contributed by atoms with E-state index >= 15 is 0 Å². The third-order valence-corrected chi connectivity index (χ3v) is 2.22. The zero-order chi connectivity index (χ0) is 11.3. The summed E-state index contributed by atoms with van der Waals surface area (Å²) in [6.07, 6.45) is 0.563. The van der Waals surface area contributed by atoms with Gasteiger partial charge in [-0.3, -0.25) is 4.79 Å². The van der Waals surface area contributed by atoms with Crippen molar-refractivity contribution in [2.75, 3.05) is 11.9 Å². The molecule has 0 aromatic heterocycles. The fraction of sp³-hybridized carbons (Fsp3) is 0.462. The van der Waals surface area contributed by atoms with Crippen molar-refractivity contribution < 1.29 is 4.79 Å². The maximum atomic E-state index is 11.5. The SMILES string of the molecule is CCC(=O)c1cccc(NCC(C)C)c1. The highest BCUT2D eigenvalue weighted by molar-refractivity contribution is 5.96. The lowest BCUT2D eigenvalue weighted by atomic mass is 10.1. The lowest BCUT2D eigenvalue weighted by Gasteiger charge is -2.09. The highest BCUT2D eigenvalue weighted by Gasteiger charge is 2.03. The summed E-state index contributed by atoms with van der Waals surface area (Å²) in [5.41, 5.74) is 1.83. The quantitative estimate of drug-likeness (QED) is 0.747. The minimum absolute atomic E-state index is 0.197. The molecule has 0 fully saturated rings. The second kappa shape index (κ2) is 5.54. The van der Waals surface area contributed by atoms with Gasteiger partial charge in [-0.25, -0.2) is 0 Å². The minimum Gasteiger partial charge on any atom is -0.385 e. The van der Waals surface area contributed by atoms with Crippen molar-refractivity contribution >= 4 is 11.5 Å². The highest BCUT2D eigenvalue weighted by atomic mass is 16.1. The summed E-state index contributed by atoms with van der Waals surface area (Å²) in [6.45, 7) is 7.14. The van der Waals surface area contributed by atoms with Crippen LogP contribution in [0.2, 0.25) is 0 Å². The Balaban J connectivity index is 2.70. The van der Waals surface area contributed by atoms with Gasteiger partial charge >= 0.3 is 0 Å². The normalized spacial score (nSPS) is 10.4. The van der Waals surface area contributed by atoms with Crippen molar-refractivity contribution in [2.24, 2.45) is 5.92 Å². The number of ketones is 1. The molecule has 0 unspecified atom stereocenters. The van der Waals surface area contributed by atoms with Gasteiger partial charge in [-0.1, -0.05) is 32.9 Å². The van der Waals surface area contributed by atoms with E-state index in [-0.39, 0.29) is 5.78 Å². The van der Waals surface area contributed by atoms with Gasteiger partial charge in [0.05, 0.1) is 0 Å². The van der Waals surface area contributed by atoms with Crippen molar-refractivity contribution in [3.8, 4) is 0 Å². The van der Waals surface area contributed by atoms with E-state index in [9.17, 15) is 4.79 Å². The van der Waals surface area contributed by atoms with Crippen LogP contribution in [0, 0.1) is 5.92 Å². The molecule has 15 heavy (non-hydrogen) atoms. The first-order valence-corrected chi connectivity index (χ1v) is 5.50. The number of Topliss-reactive ketones (excluding diaryl/α,β-unsaturated/α-hetero) is 1. The molecule has 1 aromatic rings. The molecule has 2 heteroatoms. The Bertz CT molecular complexity index is 331. The van der Waals surface area contributed by atoms with Gasteiger partial charge in [-0.2, -0.15) is 0 Å². The van der Waals surface area contributed by atoms with E-state index in [0.717, 1.165) is 17.8 Å². The summed E-state index contributed by atoms with van der Waals surface area (Å²) in [5, 5.41) is 3.31. The van der Waals surface area contributed by atoms with E-state index in [4.69, 9.17) is 0 Å². The molecule has 0 radical (unpaired) electrons. The summed E-state index contributed by atoms with van der Waals surface area (Å²) in [6, 6.07) is 7.71. The number of anilines is 1. The molecule has 0 aliphatic heterocycles. The topological polar surface area (TPSA) is 29.1 Å². The maximum absolute atomic E-state index is 11.5. The first kappa shape index (κ1) is 11.8. The van der Waals surface area contributed by atoms with Crippen LogP contribution in [0.15, 0.2) is 24.3 Å². The van der Waals surface area contributed by atoms with Crippen LogP contribution in [-0.2, 0) is 0 Å². The Kier molecular flexibility index (Phi) is 4.35. The van der Waals surface area contributed by atoms with E-state index in [1.807, 2.05) is 31.2 Å². The Morgan fingerprint density at radius 3 is 2.73 bits per heavy atom. The third kappa shape index (κ3) is 3.74. The monoisotopic (exact) mass is 205 g/mol. The van der Waals surface area contributed by atoms with Crippen molar-refractivity contribution in [3.63, 3.8) is 0 Å². The zero-order valence-electron chi connectivity index (χ0n) is 9.71. The number of hydrogen-bond donors (Lipinski definition) is 1. The van der Waals surface area contributed by atoms with Crippen molar-refractivity contribution in [1.29, 1.82) is 0 Å². The summed E-state index contributed by atoms with van der Waals surface area (Å²) in [5.74, 6) is 0.804. The second-order valence-electron chi connectivity index (χ2n) is 4.13. The fourth-order valence-electron chi connectivity index (χ4n) is 1.33. The first-order valence-electron chi connectivity index (χ1n) is 5.50. The molecule has 1 N–H and O–H groups in total. The van der Waals surface area contributed by atoms with Gasteiger partial charge in [0, 0.05) is 24.2 Å². The molecule has 0 bridgehead atoms. The predicted molar refractivity (Wildman–Crippen MR) is 64.4 cm³/mol. The lowest BCUT2D eigenvalue weighted by Crippen LogP contribution is -2.08. The Hall–Kier alpha value is -1.31. The van der Waals surface area contributed by atoms with Crippen LogP contribution >= 0.6 is 0 Å². The van der Waals surface area contributed by atoms with E-state index < -0.39 is 0 Å². The van der Waals surface area contributed by atoms with Gasteiger partial charge in [0.15, 0.2) is 5.78 Å². The van der Waals surface area contributed by atoms with Gasteiger partial charge < -0.3 is 5.32 Å². The van der Waals surface area contributed by atoms with Crippen molar-refractivity contribution in [1.82, 2.24) is 0 Å². The molecular formula is C13H19NO. The maximum Gasteiger partial charge on any atom is 0.162 e. The second-order valence-corrected chi connectivity index (χ2v) is 4.13. The fourth-order valence-corrected chi connectivity index (χ4v) is 1.33. The Morgan fingerprint density at radius 2 is 2.13 bits per heavy atom. The van der Waals surface area contributed by atoms with Gasteiger partial charge in [0.2, 0.25) is 0 Å². The van der Waals surface area contributed by atoms with Crippen LogP contribution < -0.4 is 5.32 Å². The van der Waals surface area contributed by atoms with Crippen molar-refractivity contribution in [2.45, 2.75) is 27.2 Å². The highest BCUT2D eigenvalue weighted by Crippen LogP contribution is 2.12. The third-order valence-electron chi connectivity index (χ3n) is 2.22. The number of nitrogens with one attached hydrogen (secondary N) is 1. The van der Waals surface area contributed by atoms with E-state index in [2.05, 4.69) is 19.2 Å². The first-order chi connectivity index (χ1) is 7.13. The molecular weight excluding hydrogens is 186 g/mol. The van der Waals surface area contributed by atoms with Crippen LogP contribution in [0.25, 0.3) is 0 Å². The van der Waals surface area contributed by atoms with Crippen LogP contribution in [-0.4, -0.2) is 12.3 Å². The molecule has 82 valence electrons. The van der Waals surface area contributed by atoms with Gasteiger partial charge in [0.1, 0.15) is 0 Å². The summed E-state index contributed by atoms with van der Waals surface area (Å²) >= 11 is 0. The Labute approximate surface area is 91.7 Å². The molecule has 0 heterocycles. The van der Waals surface area contributed by atoms with Gasteiger partial charge in [-0.05, 0) is 18.1 Å². The predicted octanol–water partition coefficient (Wildman–Crippen LogP) is 3.35. The number of rotatable bonds is 5. The average molecular weight is 205 g/mol. The van der Waals surface area contributed by atoms with E-state index in [0.29, 0.717) is 12.3 Å². The number of hydrogen-bond acceptors (Lipinski definition) is 2. The minimum atomic E-state index is 0.197. The van der Waals surface area contributed by atoms with Gasteiger partial charge in [0.25, 0.3) is 0 Å². The smallest absolute Gasteiger partial charge is 0.162 e. The number of carbonyl (C=O) groups excluding carboxylic acids is 1. The number of carbonyl (C=O) groups is 1. The molecule has 2 nitrogen and oxygen atoms in total. The number of benzene rings is 1. The van der Waals surface area contributed by atoms with Crippen LogP contribution in [0.1, 0.15) is 37.6 Å². The largest absolute Gasteiger partial charge is 0.385 e.